The summed E-state index contributed by atoms with van der Waals surface area (Å²) in [7, 11) is 0. The lowest BCUT2D eigenvalue weighted by Gasteiger charge is -2.10. The van der Waals surface area contributed by atoms with E-state index in [1.165, 1.54) is 12.1 Å². The number of hydrogen-bond donors (Lipinski definition) is 4. The maximum atomic E-state index is 11.9. The molecule has 0 aliphatic heterocycles. The van der Waals surface area contributed by atoms with Crippen LogP contribution in [0.1, 0.15) is 23.1 Å². The number of benzene rings is 3. The average Bonchev–Trinajstić information content (AvgIpc) is 2.80. The summed E-state index contributed by atoms with van der Waals surface area (Å²) >= 11 is 0. The van der Waals surface area contributed by atoms with Gasteiger partial charge in [0.15, 0.2) is 5.75 Å². The van der Waals surface area contributed by atoms with Crippen molar-refractivity contribution in [3.63, 3.8) is 0 Å². The lowest BCUT2D eigenvalue weighted by molar-refractivity contribution is -0.136. The lowest BCUT2D eigenvalue weighted by Crippen LogP contribution is -2.20. The molecule has 3 rings (SSSR count). The van der Waals surface area contributed by atoms with Crippen molar-refractivity contribution in [1.82, 2.24) is 5.32 Å². The number of nitriles is 1. The number of carboxylic acid groups (broad SMARTS) is 1. The van der Waals surface area contributed by atoms with Gasteiger partial charge < -0.3 is 20.8 Å². The third kappa shape index (κ3) is 9.85. The second-order valence-electron chi connectivity index (χ2n) is 7.28. The van der Waals surface area contributed by atoms with Gasteiger partial charge in [0.25, 0.3) is 0 Å². The van der Waals surface area contributed by atoms with Crippen LogP contribution in [0.4, 0.5) is 10.1 Å². The van der Waals surface area contributed by atoms with Gasteiger partial charge in [0.05, 0.1) is 17.7 Å². The summed E-state index contributed by atoms with van der Waals surface area (Å²) in [6.07, 6.45) is 1.76. The summed E-state index contributed by atoms with van der Waals surface area (Å²) in [5, 5.41) is 34.1. The number of phenolic OH excluding ortho intramolecular Hbond substituents is 1. The van der Waals surface area contributed by atoms with Crippen LogP contribution in [0.5, 0.6) is 5.75 Å². The molecule has 0 aliphatic rings. The SMILES string of the molecule is Fc1ccccc1.N#Cc1cccc(NCCCNCCc2cccc(CC(=O)O)c2)c1O. The standard InChI is InChI=1S/C20H23N3O3.C6H5F/c21-14-17-6-2-7-18(20(17)26)23-10-3-9-22-11-8-15-4-1-5-16(12-15)13-19(24)25;7-6-4-2-1-3-5-6/h1-2,4-7,12,22-23,26H,3,8-11,13H2,(H,24,25);1-5H. The number of anilines is 1. The molecule has 0 unspecified atom stereocenters. The number of aromatic hydroxyl groups is 1. The molecule has 33 heavy (non-hydrogen) atoms. The van der Waals surface area contributed by atoms with Crippen molar-refractivity contribution < 1.29 is 19.4 Å². The highest BCUT2D eigenvalue weighted by Crippen LogP contribution is 2.26. The van der Waals surface area contributed by atoms with Gasteiger partial charge in [-0.25, -0.2) is 4.39 Å². The van der Waals surface area contributed by atoms with E-state index in [0.29, 0.717) is 12.2 Å². The molecule has 3 aromatic carbocycles. The third-order valence-electron chi connectivity index (χ3n) is 4.67. The molecule has 4 N–H and O–H groups in total. The molecule has 172 valence electrons. The Hall–Kier alpha value is -3.89. The predicted molar refractivity (Wildman–Crippen MR) is 127 cm³/mol. The van der Waals surface area contributed by atoms with Gasteiger partial charge in [-0.15, -0.1) is 0 Å². The normalized spacial score (nSPS) is 9.94. The van der Waals surface area contributed by atoms with Crippen LogP contribution in [0.15, 0.2) is 72.8 Å². The van der Waals surface area contributed by atoms with Gasteiger partial charge in [0.1, 0.15) is 11.9 Å². The Balaban J connectivity index is 0.000000468. The van der Waals surface area contributed by atoms with E-state index >= 15 is 0 Å². The molecule has 0 amide bonds. The van der Waals surface area contributed by atoms with Crippen LogP contribution in [-0.4, -0.2) is 35.8 Å². The topological polar surface area (TPSA) is 105 Å². The molecule has 0 spiro atoms. The van der Waals surface area contributed by atoms with Crippen LogP contribution >= 0.6 is 0 Å². The summed E-state index contributed by atoms with van der Waals surface area (Å²) in [5.74, 6) is -1.01. The summed E-state index contributed by atoms with van der Waals surface area (Å²) in [6.45, 7) is 2.32. The van der Waals surface area contributed by atoms with E-state index in [0.717, 1.165) is 37.1 Å². The Morgan fingerprint density at radius 2 is 1.67 bits per heavy atom. The molecule has 6 nitrogen and oxygen atoms in total. The Bertz CT molecular complexity index is 1050. The second-order valence-corrected chi connectivity index (χ2v) is 7.28. The minimum absolute atomic E-state index is 0.01000. The molecular weight excluding hydrogens is 421 g/mol. The van der Waals surface area contributed by atoms with E-state index in [4.69, 9.17) is 10.4 Å². The quantitative estimate of drug-likeness (QED) is 0.271. The number of hydrogen-bond acceptors (Lipinski definition) is 5. The van der Waals surface area contributed by atoms with E-state index in [9.17, 15) is 14.3 Å². The average molecular weight is 450 g/mol. The summed E-state index contributed by atoms with van der Waals surface area (Å²) < 4.78 is 11.9. The first kappa shape index (κ1) is 25.4. The highest BCUT2D eigenvalue weighted by atomic mass is 19.1. The van der Waals surface area contributed by atoms with E-state index < -0.39 is 5.97 Å². The molecule has 7 heteroatoms. The van der Waals surface area contributed by atoms with Crippen LogP contribution in [0.2, 0.25) is 0 Å². The minimum Gasteiger partial charge on any atom is -0.504 e. The van der Waals surface area contributed by atoms with Crippen LogP contribution in [0, 0.1) is 17.1 Å². The molecule has 0 heterocycles. The van der Waals surface area contributed by atoms with Crippen molar-refractivity contribution in [3.05, 3.63) is 95.3 Å². The highest BCUT2D eigenvalue weighted by molar-refractivity contribution is 5.70. The predicted octanol–water partition coefficient (Wildman–Crippen LogP) is 4.35. The van der Waals surface area contributed by atoms with Gasteiger partial charge in [-0.3, -0.25) is 4.79 Å². The number of carbonyl (C=O) groups is 1. The highest BCUT2D eigenvalue weighted by Gasteiger charge is 2.05. The third-order valence-corrected chi connectivity index (χ3v) is 4.67. The van der Waals surface area contributed by atoms with Crippen molar-refractivity contribution >= 4 is 11.7 Å². The van der Waals surface area contributed by atoms with Crippen molar-refractivity contribution in [2.24, 2.45) is 0 Å². The van der Waals surface area contributed by atoms with E-state index in [-0.39, 0.29) is 23.6 Å². The maximum Gasteiger partial charge on any atom is 0.307 e. The van der Waals surface area contributed by atoms with E-state index in [1.54, 1.807) is 36.4 Å². The zero-order valence-electron chi connectivity index (χ0n) is 18.3. The van der Waals surface area contributed by atoms with Crippen LogP contribution in [-0.2, 0) is 17.6 Å². The van der Waals surface area contributed by atoms with Crippen molar-refractivity contribution in [1.29, 1.82) is 5.26 Å². The first-order chi connectivity index (χ1) is 16.0. The summed E-state index contributed by atoms with van der Waals surface area (Å²) in [6, 6.07) is 22.6. The molecule has 0 saturated heterocycles. The largest absolute Gasteiger partial charge is 0.504 e. The number of rotatable bonds is 10. The van der Waals surface area contributed by atoms with Gasteiger partial charge in [0, 0.05) is 6.54 Å². The number of phenols is 1. The Kier molecular flexibility index (Phi) is 10.9. The van der Waals surface area contributed by atoms with Gasteiger partial charge in [-0.2, -0.15) is 5.26 Å². The molecule has 0 fully saturated rings. The zero-order valence-corrected chi connectivity index (χ0v) is 18.3. The smallest absolute Gasteiger partial charge is 0.307 e. The molecular formula is C26H28FN3O3. The van der Waals surface area contributed by atoms with E-state index in [1.807, 2.05) is 30.3 Å². The molecule has 0 radical (unpaired) electrons. The van der Waals surface area contributed by atoms with Crippen LogP contribution < -0.4 is 10.6 Å². The lowest BCUT2D eigenvalue weighted by atomic mass is 10.1. The van der Waals surface area contributed by atoms with Gasteiger partial charge in [-0.05, 0) is 61.3 Å². The van der Waals surface area contributed by atoms with E-state index in [2.05, 4.69) is 10.6 Å². The molecule has 0 saturated carbocycles. The van der Waals surface area contributed by atoms with Crippen LogP contribution in [0.3, 0.4) is 0 Å². The first-order valence-electron chi connectivity index (χ1n) is 10.7. The second kappa shape index (κ2) is 14.2. The fourth-order valence-electron chi connectivity index (χ4n) is 3.05. The monoisotopic (exact) mass is 449 g/mol. The van der Waals surface area contributed by atoms with Crippen LogP contribution in [0.25, 0.3) is 0 Å². The summed E-state index contributed by atoms with van der Waals surface area (Å²) in [5.41, 5.74) is 2.77. The number of nitrogens with one attached hydrogen (secondary N) is 2. The zero-order chi connectivity index (χ0) is 23.9. The molecule has 0 aliphatic carbocycles. The van der Waals surface area contributed by atoms with Crippen molar-refractivity contribution in [3.8, 4) is 11.8 Å². The number of nitrogens with zero attached hydrogens (tertiary/aromatic N) is 1. The first-order valence-corrected chi connectivity index (χ1v) is 10.7. The number of para-hydroxylation sites is 1. The number of carboxylic acids is 1. The fourth-order valence-corrected chi connectivity index (χ4v) is 3.05. The molecule has 0 aromatic heterocycles. The minimum atomic E-state index is -0.820. The Labute approximate surface area is 193 Å². The van der Waals surface area contributed by atoms with Gasteiger partial charge in [-0.1, -0.05) is 48.5 Å². The Morgan fingerprint density at radius 1 is 0.939 bits per heavy atom. The maximum absolute atomic E-state index is 11.9. The van der Waals surface area contributed by atoms with Gasteiger partial charge >= 0.3 is 5.97 Å². The van der Waals surface area contributed by atoms with Crippen molar-refractivity contribution in [2.75, 3.05) is 25.0 Å². The fraction of sp³-hybridized carbons (Fsp3) is 0.231. The molecule has 0 bridgehead atoms. The number of aliphatic carboxylic acids is 1. The Morgan fingerprint density at radius 3 is 2.33 bits per heavy atom. The summed E-state index contributed by atoms with van der Waals surface area (Å²) in [4.78, 5) is 10.8. The number of halogens is 1. The van der Waals surface area contributed by atoms with Crippen molar-refractivity contribution in [2.45, 2.75) is 19.3 Å². The van der Waals surface area contributed by atoms with Gasteiger partial charge in [0.2, 0.25) is 0 Å². The molecule has 3 aromatic rings. The molecule has 0 atom stereocenters.